The molecule has 0 saturated heterocycles. The number of nitrogens with zero attached hydrogens (tertiary/aromatic N) is 3. The van der Waals surface area contributed by atoms with Crippen molar-refractivity contribution in [2.24, 2.45) is 0 Å². The Hall–Kier alpha value is -3.33. The number of rotatable bonds is 6. The highest BCUT2D eigenvalue weighted by Crippen LogP contribution is 2.37. The van der Waals surface area contributed by atoms with E-state index >= 15 is 0 Å². The third kappa shape index (κ3) is 6.52. The van der Waals surface area contributed by atoms with Gasteiger partial charge in [0.25, 0.3) is 0 Å². The second-order valence-corrected chi connectivity index (χ2v) is 10.5. The first-order valence-electron chi connectivity index (χ1n) is 12.2. The van der Waals surface area contributed by atoms with E-state index in [1.807, 2.05) is 26.8 Å². The summed E-state index contributed by atoms with van der Waals surface area (Å²) in [6, 6.07) is 8.13. The molecule has 1 aliphatic carbocycles. The standard InChI is InChI=1S/C27H32ClFN4O4/c1-27(2,3)37-26(34)33(4)17-7-9-18(10-8-17)36-24-13-19-22(14-23(24)35-5)30-15-31-25(19)32-16-6-11-21(29)20(28)12-16/h6,11-15,17-18H,7-10H2,1-5H3,(H,30,31,32). The zero-order valence-corrected chi connectivity index (χ0v) is 22.4. The van der Waals surface area contributed by atoms with E-state index in [1.165, 1.54) is 18.5 Å². The molecule has 1 fully saturated rings. The summed E-state index contributed by atoms with van der Waals surface area (Å²) >= 11 is 5.93. The van der Waals surface area contributed by atoms with Crippen LogP contribution < -0.4 is 14.8 Å². The highest BCUT2D eigenvalue weighted by molar-refractivity contribution is 6.31. The second kappa shape index (κ2) is 11.0. The molecule has 4 rings (SSSR count). The van der Waals surface area contributed by atoms with Gasteiger partial charge in [-0.05, 0) is 70.7 Å². The van der Waals surface area contributed by atoms with E-state index in [1.54, 1.807) is 31.2 Å². The van der Waals surface area contributed by atoms with Gasteiger partial charge in [0.05, 0.1) is 23.8 Å². The third-order valence-electron chi connectivity index (χ3n) is 6.27. The summed E-state index contributed by atoms with van der Waals surface area (Å²) in [5, 5.41) is 3.92. The van der Waals surface area contributed by atoms with Crippen molar-refractivity contribution in [1.82, 2.24) is 14.9 Å². The van der Waals surface area contributed by atoms with E-state index in [0.29, 0.717) is 28.5 Å². The number of carbonyl (C=O) groups excluding carboxylic acids is 1. The number of ether oxygens (including phenoxy) is 3. The van der Waals surface area contributed by atoms with Crippen LogP contribution in [-0.2, 0) is 4.74 Å². The van der Waals surface area contributed by atoms with Crippen molar-refractivity contribution in [3.63, 3.8) is 0 Å². The molecule has 0 radical (unpaired) electrons. The van der Waals surface area contributed by atoms with Crippen molar-refractivity contribution in [1.29, 1.82) is 0 Å². The topological polar surface area (TPSA) is 85.8 Å². The summed E-state index contributed by atoms with van der Waals surface area (Å²) in [7, 11) is 3.37. The summed E-state index contributed by atoms with van der Waals surface area (Å²) in [5.41, 5.74) is 0.730. The van der Waals surface area contributed by atoms with Gasteiger partial charge in [0.15, 0.2) is 11.5 Å². The minimum Gasteiger partial charge on any atom is -0.493 e. The van der Waals surface area contributed by atoms with E-state index in [-0.39, 0.29) is 23.3 Å². The monoisotopic (exact) mass is 530 g/mol. The molecule has 1 amide bonds. The number of benzene rings is 2. The van der Waals surface area contributed by atoms with Gasteiger partial charge in [-0.1, -0.05) is 11.6 Å². The number of amides is 1. The molecule has 1 heterocycles. The predicted octanol–water partition coefficient (Wildman–Crippen LogP) is 6.73. The molecule has 3 aromatic rings. The fourth-order valence-electron chi connectivity index (χ4n) is 4.34. The average Bonchev–Trinajstić information content (AvgIpc) is 2.85. The molecule has 2 aromatic carbocycles. The molecule has 1 aromatic heterocycles. The number of hydrogen-bond acceptors (Lipinski definition) is 7. The summed E-state index contributed by atoms with van der Waals surface area (Å²) in [5.74, 6) is 1.18. The lowest BCUT2D eigenvalue weighted by atomic mass is 9.92. The Kier molecular flexibility index (Phi) is 7.92. The number of fused-ring (bicyclic) bond motifs is 1. The molecule has 0 spiro atoms. The molecule has 8 nitrogen and oxygen atoms in total. The van der Waals surface area contributed by atoms with E-state index < -0.39 is 11.4 Å². The molecule has 0 bridgehead atoms. The number of halogens is 2. The highest BCUT2D eigenvalue weighted by Gasteiger charge is 2.30. The van der Waals surface area contributed by atoms with Crippen LogP contribution in [0.5, 0.6) is 11.5 Å². The quantitative estimate of drug-likeness (QED) is 0.378. The lowest BCUT2D eigenvalue weighted by Gasteiger charge is -2.35. The van der Waals surface area contributed by atoms with Crippen LogP contribution in [0.2, 0.25) is 5.02 Å². The Labute approximate surface area is 221 Å². The van der Waals surface area contributed by atoms with Gasteiger partial charge in [-0.3, -0.25) is 0 Å². The maximum atomic E-state index is 13.6. The van der Waals surface area contributed by atoms with Gasteiger partial charge >= 0.3 is 6.09 Å². The van der Waals surface area contributed by atoms with E-state index in [2.05, 4.69) is 15.3 Å². The molecule has 1 saturated carbocycles. The van der Waals surface area contributed by atoms with Crippen LogP contribution in [0.3, 0.4) is 0 Å². The Balaban J connectivity index is 1.49. The summed E-state index contributed by atoms with van der Waals surface area (Å²) in [6.45, 7) is 5.59. The minimum atomic E-state index is -0.529. The number of aromatic nitrogens is 2. The summed E-state index contributed by atoms with van der Waals surface area (Å²) < 4.78 is 31.1. The lowest BCUT2D eigenvalue weighted by molar-refractivity contribution is 0.0138. The Morgan fingerprint density at radius 2 is 1.84 bits per heavy atom. The molecule has 198 valence electrons. The summed E-state index contributed by atoms with van der Waals surface area (Å²) in [6.07, 6.45) is 4.27. The largest absolute Gasteiger partial charge is 0.493 e. The SMILES string of the molecule is COc1cc2ncnc(Nc3ccc(F)c(Cl)c3)c2cc1OC1CCC(N(C)C(=O)OC(C)(C)C)CC1. The average molecular weight is 531 g/mol. The number of methoxy groups -OCH3 is 1. The first kappa shape index (κ1) is 26.7. The minimum absolute atomic E-state index is 0.0157. The van der Waals surface area contributed by atoms with E-state index in [9.17, 15) is 9.18 Å². The van der Waals surface area contributed by atoms with E-state index in [4.69, 9.17) is 25.8 Å². The van der Waals surface area contributed by atoms with Crippen LogP contribution in [0, 0.1) is 5.82 Å². The Morgan fingerprint density at radius 3 is 2.49 bits per heavy atom. The molecule has 0 atom stereocenters. The zero-order valence-electron chi connectivity index (χ0n) is 21.7. The third-order valence-corrected chi connectivity index (χ3v) is 6.56. The molecular weight excluding hydrogens is 499 g/mol. The molecule has 1 N–H and O–H groups in total. The Bertz CT molecular complexity index is 1280. The van der Waals surface area contributed by atoms with Gasteiger partial charge < -0.3 is 24.4 Å². The molecule has 0 aliphatic heterocycles. The van der Waals surface area contributed by atoms with Crippen molar-refractivity contribution < 1.29 is 23.4 Å². The van der Waals surface area contributed by atoms with Crippen LogP contribution in [-0.4, -0.2) is 52.9 Å². The van der Waals surface area contributed by atoms with Crippen molar-refractivity contribution in [2.75, 3.05) is 19.5 Å². The van der Waals surface area contributed by atoms with E-state index in [0.717, 1.165) is 31.1 Å². The van der Waals surface area contributed by atoms with Gasteiger partial charge in [0.2, 0.25) is 0 Å². The highest BCUT2D eigenvalue weighted by atomic mass is 35.5. The van der Waals surface area contributed by atoms with Crippen LogP contribution in [0.4, 0.5) is 20.7 Å². The van der Waals surface area contributed by atoms with Crippen LogP contribution in [0.1, 0.15) is 46.5 Å². The van der Waals surface area contributed by atoms with Crippen molar-refractivity contribution in [3.8, 4) is 11.5 Å². The lowest BCUT2D eigenvalue weighted by Crippen LogP contribution is -2.43. The maximum Gasteiger partial charge on any atom is 0.410 e. The number of anilines is 2. The van der Waals surface area contributed by atoms with Crippen LogP contribution in [0.25, 0.3) is 10.9 Å². The molecule has 37 heavy (non-hydrogen) atoms. The molecule has 0 unspecified atom stereocenters. The fraction of sp³-hybridized carbons (Fsp3) is 0.444. The number of nitrogens with one attached hydrogen (secondary N) is 1. The second-order valence-electron chi connectivity index (χ2n) is 10.1. The van der Waals surface area contributed by atoms with Crippen molar-refractivity contribution in [2.45, 2.75) is 64.2 Å². The Morgan fingerprint density at radius 1 is 1.11 bits per heavy atom. The predicted molar refractivity (Wildman–Crippen MR) is 141 cm³/mol. The molecule has 1 aliphatic rings. The van der Waals surface area contributed by atoms with Gasteiger partial charge in [-0.2, -0.15) is 0 Å². The number of carbonyl (C=O) groups is 1. The van der Waals surface area contributed by atoms with Gasteiger partial charge in [0.1, 0.15) is 23.6 Å². The number of hydrogen-bond donors (Lipinski definition) is 1. The van der Waals surface area contributed by atoms with Gasteiger partial charge in [0, 0.05) is 30.2 Å². The van der Waals surface area contributed by atoms with Crippen LogP contribution >= 0.6 is 11.6 Å². The zero-order chi connectivity index (χ0) is 26.7. The molecular formula is C27H32ClFN4O4. The smallest absolute Gasteiger partial charge is 0.410 e. The fourth-order valence-corrected chi connectivity index (χ4v) is 4.52. The first-order valence-corrected chi connectivity index (χ1v) is 12.6. The normalized spacial score (nSPS) is 17.8. The van der Waals surface area contributed by atoms with Crippen molar-refractivity contribution in [3.05, 3.63) is 47.5 Å². The van der Waals surface area contributed by atoms with Gasteiger partial charge in [-0.25, -0.2) is 19.2 Å². The van der Waals surface area contributed by atoms with Gasteiger partial charge in [-0.15, -0.1) is 0 Å². The summed E-state index contributed by atoms with van der Waals surface area (Å²) in [4.78, 5) is 22.9. The van der Waals surface area contributed by atoms with Crippen LogP contribution in [0.15, 0.2) is 36.7 Å². The van der Waals surface area contributed by atoms with Crippen molar-refractivity contribution >= 4 is 40.1 Å². The molecule has 10 heteroatoms. The first-order chi connectivity index (χ1) is 17.5. The maximum absolute atomic E-state index is 13.6.